The molecular formula is C27H37N3O2. The number of piperidine rings is 1. The van der Waals surface area contributed by atoms with Crippen molar-refractivity contribution in [2.75, 3.05) is 12.4 Å². The normalized spacial score (nSPS) is 38.8. The lowest BCUT2D eigenvalue weighted by Gasteiger charge is -2.59. The smallest absolute Gasteiger partial charge is 0.226 e. The van der Waals surface area contributed by atoms with Gasteiger partial charge in [0.1, 0.15) is 0 Å². The summed E-state index contributed by atoms with van der Waals surface area (Å²) >= 11 is 0. The Bertz CT molecular complexity index is 957. The maximum atomic E-state index is 12.8. The molecule has 5 rings (SSSR count). The molecule has 1 aromatic heterocycles. The van der Waals surface area contributed by atoms with Gasteiger partial charge >= 0.3 is 0 Å². The first-order valence-electron chi connectivity index (χ1n) is 12.4. The van der Waals surface area contributed by atoms with Gasteiger partial charge in [0.2, 0.25) is 11.8 Å². The van der Waals surface area contributed by atoms with E-state index in [-0.39, 0.29) is 22.6 Å². The van der Waals surface area contributed by atoms with Gasteiger partial charge in [-0.25, -0.2) is 0 Å². The number of likely N-dealkylation sites (tertiary alicyclic amines) is 1. The fourth-order valence-electron chi connectivity index (χ4n) is 8.42. The van der Waals surface area contributed by atoms with Crippen molar-refractivity contribution in [3.8, 4) is 0 Å². The van der Waals surface area contributed by atoms with Gasteiger partial charge in [-0.05, 0) is 86.7 Å². The minimum atomic E-state index is 0.119. The van der Waals surface area contributed by atoms with E-state index in [0.29, 0.717) is 36.5 Å². The number of hydrogen-bond acceptors (Lipinski definition) is 3. The Morgan fingerprint density at radius 2 is 1.91 bits per heavy atom. The van der Waals surface area contributed by atoms with Crippen molar-refractivity contribution in [2.45, 2.75) is 72.1 Å². The highest BCUT2D eigenvalue weighted by atomic mass is 16.2. The van der Waals surface area contributed by atoms with Crippen molar-refractivity contribution in [3.63, 3.8) is 0 Å². The van der Waals surface area contributed by atoms with Gasteiger partial charge < -0.3 is 10.2 Å². The van der Waals surface area contributed by atoms with Crippen LogP contribution in [-0.2, 0) is 9.59 Å². The number of hydrogen-bond donors (Lipinski definition) is 1. The predicted molar refractivity (Wildman–Crippen MR) is 125 cm³/mol. The number of rotatable bonds is 3. The minimum Gasteiger partial charge on any atom is -0.326 e. The average molecular weight is 436 g/mol. The molecule has 0 spiro atoms. The lowest BCUT2D eigenvalue weighted by atomic mass is 9.48. The quantitative estimate of drug-likeness (QED) is 0.691. The van der Waals surface area contributed by atoms with Gasteiger partial charge in [-0.3, -0.25) is 14.6 Å². The van der Waals surface area contributed by atoms with Crippen LogP contribution in [0, 0.1) is 34.5 Å². The van der Waals surface area contributed by atoms with Crippen LogP contribution in [-0.4, -0.2) is 28.7 Å². The van der Waals surface area contributed by atoms with Gasteiger partial charge in [0, 0.05) is 49.1 Å². The third kappa shape index (κ3) is 3.22. The number of pyridine rings is 1. The molecule has 1 aromatic rings. The molecule has 0 aromatic carbocycles. The van der Waals surface area contributed by atoms with Crippen LogP contribution in [0.3, 0.4) is 0 Å². The number of fused-ring (bicyclic) bond motifs is 5. The van der Waals surface area contributed by atoms with Crippen molar-refractivity contribution in [2.24, 2.45) is 34.5 Å². The topological polar surface area (TPSA) is 62.3 Å². The molecule has 2 saturated carbocycles. The van der Waals surface area contributed by atoms with E-state index in [0.717, 1.165) is 24.9 Å². The highest BCUT2D eigenvalue weighted by Crippen LogP contribution is 2.67. The zero-order chi connectivity index (χ0) is 22.7. The van der Waals surface area contributed by atoms with Gasteiger partial charge in [0.25, 0.3) is 0 Å². The molecule has 172 valence electrons. The van der Waals surface area contributed by atoms with E-state index < -0.39 is 0 Å². The van der Waals surface area contributed by atoms with Gasteiger partial charge in [0.15, 0.2) is 0 Å². The number of carbonyl (C=O) groups is 2. The van der Waals surface area contributed by atoms with Gasteiger partial charge in [-0.2, -0.15) is 0 Å². The summed E-state index contributed by atoms with van der Waals surface area (Å²) in [6.45, 7) is 7.17. The van der Waals surface area contributed by atoms with Crippen LogP contribution in [0.1, 0.15) is 72.1 Å². The molecule has 6 atom stereocenters. The molecule has 3 aliphatic carbocycles. The van der Waals surface area contributed by atoms with Crippen LogP contribution in [0.5, 0.6) is 0 Å². The first kappa shape index (κ1) is 21.7. The maximum absolute atomic E-state index is 12.8. The van der Waals surface area contributed by atoms with Crippen molar-refractivity contribution in [1.29, 1.82) is 0 Å². The lowest BCUT2D eigenvalue weighted by Crippen LogP contribution is -2.54. The van der Waals surface area contributed by atoms with Crippen molar-refractivity contribution >= 4 is 17.5 Å². The summed E-state index contributed by atoms with van der Waals surface area (Å²) < 4.78 is 0. The van der Waals surface area contributed by atoms with E-state index in [4.69, 9.17) is 0 Å². The molecule has 5 nitrogen and oxygen atoms in total. The van der Waals surface area contributed by atoms with Gasteiger partial charge in [-0.1, -0.05) is 19.4 Å². The molecule has 2 heterocycles. The predicted octanol–water partition coefficient (Wildman–Crippen LogP) is 5.41. The van der Waals surface area contributed by atoms with Crippen LogP contribution in [0.2, 0.25) is 0 Å². The Labute approximate surface area is 192 Å². The number of nitrogens with zero attached hydrogens (tertiary/aromatic N) is 2. The van der Waals surface area contributed by atoms with Crippen molar-refractivity contribution in [1.82, 2.24) is 9.88 Å². The van der Waals surface area contributed by atoms with Gasteiger partial charge in [-0.15, -0.1) is 0 Å². The first-order chi connectivity index (χ1) is 15.2. The summed E-state index contributed by atoms with van der Waals surface area (Å²) in [6, 6.07) is 3.70. The van der Waals surface area contributed by atoms with E-state index in [1.807, 2.05) is 24.1 Å². The summed E-state index contributed by atoms with van der Waals surface area (Å²) in [4.78, 5) is 31.3. The molecule has 3 fully saturated rings. The third-order valence-electron chi connectivity index (χ3n) is 9.90. The number of carbonyl (C=O) groups excluding carboxylic acids is 2. The Morgan fingerprint density at radius 3 is 2.66 bits per heavy atom. The highest BCUT2D eigenvalue weighted by molar-refractivity contribution is 5.90. The third-order valence-corrected chi connectivity index (χ3v) is 9.90. The van der Waals surface area contributed by atoms with E-state index in [9.17, 15) is 9.59 Å². The largest absolute Gasteiger partial charge is 0.326 e. The van der Waals surface area contributed by atoms with Crippen molar-refractivity contribution < 1.29 is 9.59 Å². The molecular weight excluding hydrogens is 398 g/mol. The number of allylic oxidation sites excluding steroid dienone is 2. The van der Waals surface area contributed by atoms with Crippen LogP contribution < -0.4 is 5.32 Å². The molecule has 0 radical (unpaired) electrons. The zero-order valence-corrected chi connectivity index (χ0v) is 20.0. The summed E-state index contributed by atoms with van der Waals surface area (Å²) in [7, 11) is 1.98. The van der Waals surface area contributed by atoms with Crippen LogP contribution in [0.25, 0.3) is 0 Å². The fourth-order valence-corrected chi connectivity index (χ4v) is 8.42. The Kier molecular flexibility index (Phi) is 5.22. The molecule has 2 amide bonds. The van der Waals surface area contributed by atoms with E-state index in [1.54, 1.807) is 12.4 Å². The molecule has 4 aliphatic rings. The zero-order valence-electron chi connectivity index (χ0n) is 20.0. The summed E-state index contributed by atoms with van der Waals surface area (Å²) in [6.07, 6.45) is 11.6. The molecule has 1 N–H and O–H groups in total. The Morgan fingerprint density at radius 1 is 1.16 bits per heavy atom. The number of nitrogens with one attached hydrogen (secondary N) is 1. The van der Waals surface area contributed by atoms with Crippen LogP contribution >= 0.6 is 0 Å². The standard InChI is InChI=1S/C27H37N3O2/c1-17-15-20-21-6-5-18(16-23(31)29-19-9-13-28-14-10-19)26(21,2)11-7-22(20)27(3)12-8-24(32)30(4)25(17)27/h9-10,13-14,18,20-22H,5-8,11-12,15-16H2,1-4H3,(H,28,29,31)/t18-,20+,21+,22+,26-,27-/m1/s1. The summed E-state index contributed by atoms with van der Waals surface area (Å²) in [5.74, 6) is 2.86. The second-order valence-electron chi connectivity index (χ2n) is 11.4. The lowest BCUT2D eigenvalue weighted by molar-refractivity contribution is -0.136. The molecule has 0 bridgehead atoms. The second-order valence-corrected chi connectivity index (χ2v) is 11.4. The minimum absolute atomic E-state index is 0.119. The monoisotopic (exact) mass is 435 g/mol. The SMILES string of the molecule is CC1=C2N(C)C(=O)CC[C@]2(C)[C@H]2CC[C@]3(C)[C@@H](CC(=O)Nc4ccncc4)CC[C@H]3[C@@H]2C1. The maximum Gasteiger partial charge on any atom is 0.226 e. The fraction of sp³-hybridized carbons (Fsp3) is 0.667. The molecule has 5 heteroatoms. The molecule has 32 heavy (non-hydrogen) atoms. The van der Waals surface area contributed by atoms with Crippen molar-refractivity contribution in [3.05, 3.63) is 35.8 Å². The number of aromatic nitrogens is 1. The van der Waals surface area contributed by atoms with Crippen LogP contribution in [0.4, 0.5) is 5.69 Å². The van der Waals surface area contributed by atoms with E-state index >= 15 is 0 Å². The summed E-state index contributed by atoms with van der Waals surface area (Å²) in [5, 5.41) is 3.07. The van der Waals surface area contributed by atoms with Crippen LogP contribution in [0.15, 0.2) is 35.8 Å². The van der Waals surface area contributed by atoms with Gasteiger partial charge in [0.05, 0.1) is 0 Å². The highest BCUT2D eigenvalue weighted by Gasteiger charge is 2.60. The molecule has 0 unspecified atom stereocenters. The Balaban J connectivity index is 1.36. The first-order valence-corrected chi connectivity index (χ1v) is 12.4. The number of amides is 2. The molecule has 1 saturated heterocycles. The van der Waals surface area contributed by atoms with E-state index in [1.165, 1.54) is 30.5 Å². The number of anilines is 1. The Hall–Kier alpha value is -2.17. The second kappa shape index (κ2) is 7.71. The molecule has 1 aliphatic heterocycles. The van der Waals surface area contributed by atoms with E-state index in [2.05, 4.69) is 31.1 Å². The summed E-state index contributed by atoms with van der Waals surface area (Å²) in [5.41, 5.74) is 3.94. The average Bonchev–Trinajstić information content (AvgIpc) is 3.08.